The Hall–Kier alpha value is -0.630. The van der Waals surface area contributed by atoms with Crippen molar-refractivity contribution in [2.24, 2.45) is 0 Å². The van der Waals surface area contributed by atoms with Crippen molar-refractivity contribution in [3.63, 3.8) is 0 Å². The van der Waals surface area contributed by atoms with Crippen LogP contribution >= 0.6 is 0 Å². The molecule has 0 aromatic rings. The van der Waals surface area contributed by atoms with E-state index in [-0.39, 0.29) is 5.78 Å². The molecule has 2 heteroatoms. The zero-order chi connectivity index (χ0) is 10.3. The highest BCUT2D eigenvalue weighted by Gasteiger charge is 2.20. The molecule has 0 bridgehead atoms. The molecule has 0 aromatic heterocycles. The van der Waals surface area contributed by atoms with Crippen molar-refractivity contribution in [2.75, 3.05) is 26.2 Å². The van der Waals surface area contributed by atoms with Gasteiger partial charge in [0.1, 0.15) is 0 Å². The second-order valence-electron chi connectivity index (χ2n) is 3.43. The Morgan fingerprint density at radius 3 is 2.00 bits per heavy atom. The van der Waals surface area contributed by atoms with E-state index in [2.05, 4.69) is 27.4 Å². The Bertz CT molecular complexity index is 163. The normalized spacial score (nSPS) is 11.3. The summed E-state index contributed by atoms with van der Waals surface area (Å²) in [6.07, 6.45) is 2.06. The van der Waals surface area contributed by atoms with E-state index in [9.17, 15) is 4.79 Å². The molecule has 0 N–H and O–H groups in total. The quantitative estimate of drug-likeness (QED) is 0.437. The Morgan fingerprint density at radius 2 is 1.69 bits per heavy atom. The zero-order valence-corrected chi connectivity index (χ0v) is 9.18. The van der Waals surface area contributed by atoms with Crippen LogP contribution in [0.25, 0.3) is 0 Å². The van der Waals surface area contributed by atoms with Crippen LogP contribution in [0.5, 0.6) is 0 Å². The van der Waals surface area contributed by atoms with Gasteiger partial charge in [0.15, 0.2) is 5.78 Å². The van der Waals surface area contributed by atoms with Gasteiger partial charge in [-0.15, -0.1) is 0 Å². The van der Waals surface area contributed by atoms with E-state index < -0.39 is 0 Å². The lowest BCUT2D eigenvalue weighted by Crippen LogP contribution is -2.48. The first-order chi connectivity index (χ1) is 6.14. The first-order valence-electron chi connectivity index (χ1n) is 5.14. The summed E-state index contributed by atoms with van der Waals surface area (Å²) < 4.78 is 1.04. The van der Waals surface area contributed by atoms with Crippen molar-refractivity contribution in [2.45, 2.75) is 27.2 Å². The predicted octanol–water partition coefficient (Wildman–Crippen LogP) is 2.01. The lowest BCUT2D eigenvalue weighted by Gasteiger charge is -2.35. The van der Waals surface area contributed by atoms with Crippen molar-refractivity contribution in [1.29, 1.82) is 0 Å². The first-order valence-corrected chi connectivity index (χ1v) is 5.14. The summed E-state index contributed by atoms with van der Waals surface area (Å²) in [5.74, 6) is 0.165. The van der Waals surface area contributed by atoms with Crippen LogP contribution in [-0.2, 0) is 4.79 Å². The number of hydrogen-bond acceptors (Lipinski definition) is 1. The van der Waals surface area contributed by atoms with Crippen LogP contribution < -0.4 is 0 Å². The summed E-state index contributed by atoms with van der Waals surface area (Å²) in [4.78, 5) is 11.1. The maximum atomic E-state index is 11.1. The molecule has 0 saturated heterocycles. The van der Waals surface area contributed by atoms with E-state index in [1.807, 2.05) is 0 Å². The van der Waals surface area contributed by atoms with E-state index in [4.69, 9.17) is 0 Å². The smallest absolute Gasteiger partial charge is 0.160 e. The number of carbonyl (C=O) groups is 1. The minimum Gasteiger partial charge on any atom is -0.324 e. The van der Waals surface area contributed by atoms with Crippen LogP contribution in [0.1, 0.15) is 27.2 Å². The number of nitrogens with zero attached hydrogens (tertiary/aromatic N) is 1. The lowest BCUT2D eigenvalue weighted by molar-refractivity contribution is -0.922. The number of hydrogen-bond donors (Lipinski definition) is 0. The van der Waals surface area contributed by atoms with Gasteiger partial charge in [0.25, 0.3) is 0 Å². The van der Waals surface area contributed by atoms with E-state index in [1.54, 1.807) is 0 Å². The summed E-state index contributed by atoms with van der Waals surface area (Å²) in [5.41, 5.74) is 0. The molecule has 0 fully saturated rings. The third kappa shape index (κ3) is 3.73. The van der Waals surface area contributed by atoms with Crippen LogP contribution in [0.4, 0.5) is 0 Å². The lowest BCUT2D eigenvalue weighted by atomic mass is 10.2. The van der Waals surface area contributed by atoms with Gasteiger partial charge in [-0.25, -0.2) is 0 Å². The van der Waals surface area contributed by atoms with Gasteiger partial charge in [-0.1, -0.05) is 6.58 Å². The molecule has 0 heterocycles. The van der Waals surface area contributed by atoms with Crippen molar-refractivity contribution in [3.8, 4) is 0 Å². The summed E-state index contributed by atoms with van der Waals surface area (Å²) in [5, 5.41) is 0. The van der Waals surface area contributed by atoms with Crippen LogP contribution in [-0.4, -0.2) is 36.4 Å². The minimum atomic E-state index is 0.165. The molecule has 13 heavy (non-hydrogen) atoms. The summed E-state index contributed by atoms with van der Waals surface area (Å²) in [6, 6.07) is 0. The van der Waals surface area contributed by atoms with Gasteiger partial charge in [0.2, 0.25) is 0 Å². The maximum absolute atomic E-state index is 11.1. The molecular weight excluding hydrogens is 162 g/mol. The molecule has 0 unspecified atom stereocenters. The molecule has 0 spiro atoms. The number of carbonyl (C=O) groups excluding carboxylic acids is 1. The molecule has 0 aliphatic carbocycles. The average molecular weight is 184 g/mol. The van der Waals surface area contributed by atoms with E-state index >= 15 is 0 Å². The molecule has 2 nitrogen and oxygen atoms in total. The molecule has 0 rings (SSSR count). The van der Waals surface area contributed by atoms with E-state index in [0.29, 0.717) is 6.42 Å². The highest BCUT2D eigenvalue weighted by Crippen LogP contribution is 2.07. The van der Waals surface area contributed by atoms with Gasteiger partial charge < -0.3 is 4.48 Å². The fourth-order valence-electron chi connectivity index (χ4n) is 1.59. The average Bonchev–Trinajstić information content (AvgIpc) is 2.20. The van der Waals surface area contributed by atoms with Gasteiger partial charge in [-0.05, 0) is 26.8 Å². The monoisotopic (exact) mass is 184 g/mol. The molecular formula is C11H22NO+. The van der Waals surface area contributed by atoms with Gasteiger partial charge in [0, 0.05) is 0 Å². The minimum absolute atomic E-state index is 0.165. The second kappa shape index (κ2) is 5.92. The SMILES string of the molecule is C=CC(=O)CC[N+](CC)(CC)CC. The molecule has 0 saturated carbocycles. The summed E-state index contributed by atoms with van der Waals surface area (Å²) in [7, 11) is 0. The van der Waals surface area contributed by atoms with Crippen molar-refractivity contribution < 1.29 is 9.28 Å². The number of ketones is 1. The van der Waals surface area contributed by atoms with Gasteiger partial charge >= 0.3 is 0 Å². The second-order valence-corrected chi connectivity index (χ2v) is 3.43. The predicted molar refractivity (Wildman–Crippen MR) is 56.6 cm³/mol. The zero-order valence-electron chi connectivity index (χ0n) is 9.18. The molecule has 0 aliphatic heterocycles. The third-order valence-electron chi connectivity index (χ3n) is 3.07. The highest BCUT2D eigenvalue weighted by atomic mass is 16.1. The number of rotatable bonds is 7. The largest absolute Gasteiger partial charge is 0.324 e. The Labute approximate surface area is 81.8 Å². The first kappa shape index (κ1) is 12.4. The van der Waals surface area contributed by atoms with Crippen molar-refractivity contribution >= 4 is 5.78 Å². The van der Waals surface area contributed by atoms with E-state index in [1.165, 1.54) is 6.08 Å². The molecule has 76 valence electrons. The van der Waals surface area contributed by atoms with Crippen molar-refractivity contribution in [3.05, 3.63) is 12.7 Å². The topological polar surface area (TPSA) is 17.1 Å². The fraction of sp³-hybridized carbons (Fsp3) is 0.727. The molecule has 0 atom stereocenters. The Kier molecular flexibility index (Phi) is 5.63. The van der Waals surface area contributed by atoms with Gasteiger partial charge in [0.05, 0.1) is 32.6 Å². The number of quaternary nitrogens is 1. The van der Waals surface area contributed by atoms with E-state index in [0.717, 1.165) is 30.7 Å². The fourth-order valence-corrected chi connectivity index (χ4v) is 1.59. The van der Waals surface area contributed by atoms with Crippen LogP contribution in [0.2, 0.25) is 0 Å². The van der Waals surface area contributed by atoms with Crippen molar-refractivity contribution in [1.82, 2.24) is 0 Å². The third-order valence-corrected chi connectivity index (χ3v) is 3.07. The molecule has 0 amide bonds. The molecule has 0 radical (unpaired) electrons. The highest BCUT2D eigenvalue weighted by molar-refractivity contribution is 5.89. The summed E-state index contributed by atoms with van der Waals surface area (Å²) >= 11 is 0. The Balaban J connectivity index is 4.09. The number of allylic oxidation sites excluding steroid dienone is 1. The van der Waals surface area contributed by atoms with Crippen LogP contribution in [0.15, 0.2) is 12.7 Å². The summed E-state index contributed by atoms with van der Waals surface area (Å²) in [6.45, 7) is 14.3. The standard InChI is InChI=1S/C11H22NO/c1-5-11(13)9-10-12(6-2,7-3)8-4/h5H,1,6-10H2,2-4H3/q+1. The van der Waals surface area contributed by atoms with Gasteiger partial charge in [-0.3, -0.25) is 4.79 Å². The molecule has 0 aromatic carbocycles. The Morgan fingerprint density at radius 1 is 1.23 bits per heavy atom. The maximum Gasteiger partial charge on any atom is 0.160 e. The van der Waals surface area contributed by atoms with Crippen LogP contribution in [0.3, 0.4) is 0 Å². The molecule has 0 aliphatic rings. The van der Waals surface area contributed by atoms with Crippen LogP contribution in [0, 0.1) is 0 Å². The van der Waals surface area contributed by atoms with Gasteiger partial charge in [-0.2, -0.15) is 0 Å².